The third-order valence-electron chi connectivity index (χ3n) is 3.17. The molecule has 0 bridgehead atoms. The van der Waals surface area contributed by atoms with Crippen molar-refractivity contribution in [2.75, 3.05) is 11.9 Å². The second-order valence-electron chi connectivity index (χ2n) is 4.22. The van der Waals surface area contributed by atoms with E-state index >= 15 is 0 Å². The summed E-state index contributed by atoms with van der Waals surface area (Å²) < 4.78 is 0. The predicted octanol–water partition coefficient (Wildman–Crippen LogP) is 3.94. The molecule has 0 aliphatic carbocycles. The molecular formula is C14H19N. The molecule has 1 nitrogen and oxygen atoms in total. The minimum Gasteiger partial charge on any atom is -0.385 e. The van der Waals surface area contributed by atoms with Gasteiger partial charge in [0.1, 0.15) is 0 Å². The Morgan fingerprint density at radius 1 is 1.40 bits per heavy atom. The Kier molecular flexibility index (Phi) is 3.44. The van der Waals surface area contributed by atoms with Gasteiger partial charge in [-0.2, -0.15) is 0 Å². The van der Waals surface area contributed by atoms with Crippen molar-refractivity contribution >= 4 is 5.69 Å². The van der Waals surface area contributed by atoms with Crippen LogP contribution >= 0.6 is 0 Å². The van der Waals surface area contributed by atoms with E-state index in [2.05, 4.69) is 36.2 Å². The molecule has 15 heavy (non-hydrogen) atoms. The van der Waals surface area contributed by atoms with Crippen molar-refractivity contribution in [2.24, 2.45) is 0 Å². The van der Waals surface area contributed by atoms with Crippen LogP contribution in [0.3, 0.4) is 0 Å². The summed E-state index contributed by atoms with van der Waals surface area (Å²) in [6.45, 7) is 4.90. The molecule has 0 aromatic heterocycles. The van der Waals surface area contributed by atoms with Crippen molar-refractivity contribution < 1.29 is 0 Å². The Labute approximate surface area is 92.2 Å². The summed E-state index contributed by atoms with van der Waals surface area (Å²) >= 11 is 0. The zero-order valence-corrected chi connectivity index (χ0v) is 9.21. The largest absolute Gasteiger partial charge is 0.385 e. The summed E-state index contributed by atoms with van der Waals surface area (Å²) in [5.74, 6) is 0.752. The predicted molar refractivity (Wildman–Crippen MR) is 66.3 cm³/mol. The van der Waals surface area contributed by atoms with E-state index in [1.54, 1.807) is 0 Å². The second kappa shape index (κ2) is 5.01. The molecule has 1 aromatic rings. The van der Waals surface area contributed by atoms with Crippen LogP contribution in [-0.4, -0.2) is 6.54 Å². The number of para-hydroxylation sites is 1. The van der Waals surface area contributed by atoms with Crippen LogP contribution in [0.1, 0.15) is 37.2 Å². The van der Waals surface area contributed by atoms with Crippen LogP contribution in [0.25, 0.3) is 0 Å². The lowest BCUT2D eigenvalue weighted by Crippen LogP contribution is -2.16. The van der Waals surface area contributed by atoms with Crippen LogP contribution in [0.4, 0.5) is 5.69 Å². The van der Waals surface area contributed by atoms with E-state index in [0.717, 1.165) is 18.9 Å². The van der Waals surface area contributed by atoms with Crippen LogP contribution in [0, 0.1) is 0 Å². The van der Waals surface area contributed by atoms with E-state index in [9.17, 15) is 0 Å². The number of fused-ring (bicyclic) bond motifs is 1. The summed E-state index contributed by atoms with van der Waals surface area (Å²) in [6, 6.07) is 8.71. The zero-order chi connectivity index (χ0) is 10.5. The summed E-state index contributed by atoms with van der Waals surface area (Å²) in [5, 5.41) is 3.46. The Morgan fingerprint density at radius 2 is 2.27 bits per heavy atom. The fourth-order valence-corrected chi connectivity index (χ4v) is 2.36. The SMILES string of the molecule is C=CCCC[C@H]1CCNc2ccccc21. The first-order valence-corrected chi connectivity index (χ1v) is 5.85. The first-order valence-electron chi connectivity index (χ1n) is 5.85. The summed E-state index contributed by atoms with van der Waals surface area (Å²) in [6.07, 6.45) is 7.00. The highest BCUT2D eigenvalue weighted by Gasteiger charge is 2.18. The van der Waals surface area contributed by atoms with Gasteiger partial charge in [-0.3, -0.25) is 0 Å². The van der Waals surface area contributed by atoms with Crippen molar-refractivity contribution in [2.45, 2.75) is 31.6 Å². The third kappa shape index (κ3) is 2.41. The molecule has 80 valence electrons. The highest BCUT2D eigenvalue weighted by atomic mass is 14.9. The van der Waals surface area contributed by atoms with E-state index in [1.165, 1.54) is 30.5 Å². The average molecular weight is 201 g/mol. The molecule has 0 amide bonds. The molecule has 0 unspecified atom stereocenters. The lowest BCUT2D eigenvalue weighted by Gasteiger charge is -2.26. The summed E-state index contributed by atoms with van der Waals surface area (Å²) in [5.41, 5.74) is 2.85. The second-order valence-corrected chi connectivity index (χ2v) is 4.22. The van der Waals surface area contributed by atoms with Crippen molar-refractivity contribution in [1.29, 1.82) is 0 Å². The number of benzene rings is 1. The monoisotopic (exact) mass is 201 g/mol. The number of unbranched alkanes of at least 4 members (excludes halogenated alkanes) is 1. The van der Waals surface area contributed by atoms with Gasteiger partial charge in [0, 0.05) is 12.2 Å². The van der Waals surface area contributed by atoms with Crippen molar-refractivity contribution in [3.63, 3.8) is 0 Å². The summed E-state index contributed by atoms with van der Waals surface area (Å²) in [7, 11) is 0. The van der Waals surface area contributed by atoms with Crippen LogP contribution in [0.2, 0.25) is 0 Å². The molecule has 2 rings (SSSR count). The minimum absolute atomic E-state index is 0.752. The Balaban J connectivity index is 2.05. The Morgan fingerprint density at radius 3 is 3.13 bits per heavy atom. The van der Waals surface area contributed by atoms with Gasteiger partial charge in [-0.1, -0.05) is 24.3 Å². The van der Waals surface area contributed by atoms with E-state index in [0.29, 0.717) is 0 Å². The maximum absolute atomic E-state index is 3.78. The van der Waals surface area contributed by atoms with E-state index in [1.807, 2.05) is 6.08 Å². The van der Waals surface area contributed by atoms with Crippen LogP contribution in [0.5, 0.6) is 0 Å². The number of nitrogens with one attached hydrogen (secondary N) is 1. The first-order chi connectivity index (χ1) is 7.42. The molecule has 0 radical (unpaired) electrons. The quantitative estimate of drug-likeness (QED) is 0.574. The van der Waals surface area contributed by atoms with E-state index in [4.69, 9.17) is 0 Å². The van der Waals surface area contributed by atoms with Gasteiger partial charge in [0.05, 0.1) is 0 Å². The number of allylic oxidation sites excluding steroid dienone is 1. The van der Waals surface area contributed by atoms with Gasteiger partial charge in [0.15, 0.2) is 0 Å². The zero-order valence-electron chi connectivity index (χ0n) is 9.21. The molecule has 1 heterocycles. The smallest absolute Gasteiger partial charge is 0.0375 e. The highest BCUT2D eigenvalue weighted by molar-refractivity contribution is 5.54. The van der Waals surface area contributed by atoms with Crippen molar-refractivity contribution in [1.82, 2.24) is 0 Å². The molecule has 0 saturated carbocycles. The first kappa shape index (κ1) is 10.3. The molecule has 1 atom stereocenters. The van der Waals surface area contributed by atoms with E-state index < -0.39 is 0 Å². The minimum atomic E-state index is 0.752. The topological polar surface area (TPSA) is 12.0 Å². The highest BCUT2D eigenvalue weighted by Crippen LogP contribution is 2.34. The fourth-order valence-electron chi connectivity index (χ4n) is 2.36. The van der Waals surface area contributed by atoms with Crippen molar-refractivity contribution in [3.8, 4) is 0 Å². The number of rotatable bonds is 4. The van der Waals surface area contributed by atoms with Crippen LogP contribution < -0.4 is 5.32 Å². The van der Waals surface area contributed by atoms with Gasteiger partial charge in [-0.25, -0.2) is 0 Å². The van der Waals surface area contributed by atoms with Crippen LogP contribution in [-0.2, 0) is 0 Å². The Bertz CT molecular complexity index is 330. The number of hydrogen-bond donors (Lipinski definition) is 1. The van der Waals surface area contributed by atoms with E-state index in [-0.39, 0.29) is 0 Å². The van der Waals surface area contributed by atoms with Crippen molar-refractivity contribution in [3.05, 3.63) is 42.5 Å². The molecule has 1 N–H and O–H groups in total. The van der Waals surface area contributed by atoms with Gasteiger partial charge in [0.25, 0.3) is 0 Å². The molecule has 0 saturated heterocycles. The van der Waals surface area contributed by atoms with Gasteiger partial charge in [-0.15, -0.1) is 6.58 Å². The lowest BCUT2D eigenvalue weighted by atomic mass is 9.87. The Hall–Kier alpha value is -1.24. The number of hydrogen-bond acceptors (Lipinski definition) is 1. The fraction of sp³-hybridized carbons (Fsp3) is 0.429. The molecule has 0 spiro atoms. The molecular weight excluding hydrogens is 182 g/mol. The maximum Gasteiger partial charge on any atom is 0.0375 e. The van der Waals surface area contributed by atoms with Crippen LogP contribution in [0.15, 0.2) is 36.9 Å². The van der Waals surface area contributed by atoms with Gasteiger partial charge >= 0.3 is 0 Å². The van der Waals surface area contributed by atoms with Gasteiger partial charge < -0.3 is 5.32 Å². The lowest BCUT2D eigenvalue weighted by molar-refractivity contribution is 0.557. The van der Waals surface area contributed by atoms with Gasteiger partial charge in [-0.05, 0) is 43.2 Å². The standard InChI is InChI=1S/C14H19N/c1-2-3-4-7-12-10-11-15-14-9-6-5-8-13(12)14/h2,5-6,8-9,12,15H,1,3-4,7,10-11H2/t12-/m0/s1. The molecule has 1 aliphatic rings. The third-order valence-corrected chi connectivity index (χ3v) is 3.17. The average Bonchev–Trinajstić information content (AvgIpc) is 2.30. The summed E-state index contributed by atoms with van der Waals surface area (Å²) in [4.78, 5) is 0. The molecule has 1 aliphatic heterocycles. The number of anilines is 1. The van der Waals surface area contributed by atoms with Gasteiger partial charge in [0.2, 0.25) is 0 Å². The molecule has 1 heteroatoms. The maximum atomic E-state index is 3.78. The molecule has 0 fully saturated rings. The molecule has 1 aromatic carbocycles. The normalized spacial score (nSPS) is 19.1.